The predicted octanol–water partition coefficient (Wildman–Crippen LogP) is 4.37. The van der Waals surface area contributed by atoms with Gasteiger partial charge in [0, 0.05) is 4.90 Å². The van der Waals surface area contributed by atoms with E-state index >= 15 is 0 Å². The largest absolute Gasteiger partial charge is 0.219 e. The summed E-state index contributed by atoms with van der Waals surface area (Å²) < 4.78 is 24.0. The Morgan fingerprint density at radius 2 is 1.37 bits per heavy atom. The first kappa shape index (κ1) is 14.7. The zero-order valence-corrected chi connectivity index (χ0v) is 12.8. The molecule has 2 nitrogen and oxygen atoms in total. The van der Waals surface area contributed by atoms with E-state index in [0.29, 0.717) is 0 Å². The van der Waals surface area contributed by atoms with Crippen LogP contribution in [0.1, 0.15) is 0 Å². The van der Waals surface area contributed by atoms with Gasteiger partial charge >= 0.3 is 0 Å². The van der Waals surface area contributed by atoms with Gasteiger partial charge in [-0.15, -0.1) is 0 Å². The van der Waals surface area contributed by atoms with Crippen LogP contribution in [-0.4, -0.2) is 12.6 Å². The van der Waals surface area contributed by atoms with Crippen LogP contribution in [0.3, 0.4) is 0 Å². The Kier molecular flexibility index (Phi) is 4.79. The second kappa shape index (κ2) is 6.18. The average Bonchev–Trinajstić information content (AvgIpc) is 2.40. The van der Waals surface area contributed by atoms with E-state index < -0.39 is 14.0 Å². The fraction of sp³-hybridized carbons (Fsp3) is 0.0769. The number of alkyl halides is 2. The number of benzene rings is 2. The van der Waals surface area contributed by atoms with Gasteiger partial charge in [-0.25, -0.2) is 8.42 Å². The van der Waals surface area contributed by atoms with E-state index in [-0.39, 0.29) is 9.79 Å². The lowest BCUT2D eigenvalue weighted by atomic mass is 10.4. The number of hydrogen-bond donors (Lipinski definition) is 0. The van der Waals surface area contributed by atoms with Crippen LogP contribution in [0, 0.1) is 0 Å². The molecule has 2 rings (SSSR count). The topological polar surface area (TPSA) is 34.1 Å². The third-order valence-electron chi connectivity index (χ3n) is 2.41. The van der Waals surface area contributed by atoms with Crippen molar-refractivity contribution >= 4 is 44.8 Å². The van der Waals surface area contributed by atoms with Crippen molar-refractivity contribution in [1.82, 2.24) is 0 Å². The Labute approximate surface area is 126 Å². The Balaban J connectivity index is 2.32. The molecule has 0 aliphatic heterocycles. The third kappa shape index (κ3) is 3.66. The maximum atomic E-state index is 12.3. The summed E-state index contributed by atoms with van der Waals surface area (Å²) in [6, 6.07) is 14.8. The molecule has 0 atom stereocenters. The molecule has 0 radical (unpaired) electrons. The third-order valence-corrected chi connectivity index (χ3v) is 5.46. The summed E-state index contributed by atoms with van der Waals surface area (Å²) in [7, 11) is -3.46. The number of rotatable bonds is 4. The fourth-order valence-electron chi connectivity index (χ4n) is 1.54. The number of sulfone groups is 1. The van der Waals surface area contributed by atoms with Crippen molar-refractivity contribution in [1.29, 1.82) is 0 Å². The minimum atomic E-state index is -3.46. The molecule has 0 saturated carbocycles. The normalized spacial score (nSPS) is 11.7. The molecule has 0 unspecified atom stereocenters. The molecular weight excluding hydrogens is 323 g/mol. The van der Waals surface area contributed by atoms with Gasteiger partial charge in [-0.3, -0.25) is 0 Å². The summed E-state index contributed by atoms with van der Waals surface area (Å²) >= 11 is 12.5. The van der Waals surface area contributed by atoms with Crippen LogP contribution in [0.15, 0.2) is 69.3 Å². The molecule has 0 saturated heterocycles. The van der Waals surface area contributed by atoms with Crippen LogP contribution in [0.2, 0.25) is 0 Å². The molecule has 2 aromatic rings. The minimum absolute atomic E-state index is 0.253. The summed E-state index contributed by atoms with van der Waals surface area (Å²) in [5.74, 6) is 0. The Bertz CT molecular complexity index is 638. The van der Waals surface area contributed by atoms with E-state index in [4.69, 9.17) is 23.2 Å². The zero-order chi connectivity index (χ0) is 13.9. The predicted molar refractivity (Wildman–Crippen MR) is 79.7 cm³/mol. The van der Waals surface area contributed by atoms with E-state index in [1.807, 2.05) is 0 Å². The molecule has 0 heterocycles. The lowest BCUT2D eigenvalue weighted by Crippen LogP contribution is -2.01. The standard InChI is InChI=1S/C13H10Cl2O2S2/c14-13(15)18-10-6-8-12(9-7-10)19(16,17)11-4-2-1-3-5-11/h1-9,13H. The molecule has 0 spiro atoms. The molecule has 0 bridgehead atoms. The van der Waals surface area contributed by atoms with E-state index in [2.05, 4.69) is 0 Å². The van der Waals surface area contributed by atoms with Gasteiger partial charge < -0.3 is 0 Å². The Morgan fingerprint density at radius 1 is 0.842 bits per heavy atom. The second-order valence-corrected chi connectivity index (χ2v) is 8.41. The van der Waals surface area contributed by atoms with Gasteiger partial charge in [0.15, 0.2) is 4.17 Å². The van der Waals surface area contributed by atoms with Crippen molar-refractivity contribution in [3.05, 3.63) is 54.6 Å². The minimum Gasteiger partial charge on any atom is -0.219 e. The van der Waals surface area contributed by atoms with Crippen molar-refractivity contribution in [2.24, 2.45) is 0 Å². The molecule has 19 heavy (non-hydrogen) atoms. The monoisotopic (exact) mass is 332 g/mol. The highest BCUT2D eigenvalue weighted by Crippen LogP contribution is 2.30. The average molecular weight is 333 g/mol. The molecule has 0 aromatic heterocycles. The van der Waals surface area contributed by atoms with Gasteiger partial charge in [0.2, 0.25) is 9.84 Å². The van der Waals surface area contributed by atoms with Gasteiger partial charge in [0.05, 0.1) is 9.79 Å². The summed E-state index contributed by atoms with van der Waals surface area (Å²) in [6.07, 6.45) is 0. The van der Waals surface area contributed by atoms with Crippen molar-refractivity contribution in [2.45, 2.75) is 18.9 Å². The first-order valence-electron chi connectivity index (χ1n) is 5.35. The molecule has 2 aromatic carbocycles. The Hall–Kier alpha value is -0.680. The van der Waals surface area contributed by atoms with Gasteiger partial charge in [0.1, 0.15) is 0 Å². The molecule has 0 amide bonds. The summed E-state index contributed by atoms with van der Waals surface area (Å²) in [5.41, 5.74) is 0. The highest BCUT2D eigenvalue weighted by molar-refractivity contribution is 8.02. The number of halogens is 2. The maximum Gasteiger partial charge on any atom is 0.206 e. The first-order chi connectivity index (χ1) is 9.00. The van der Waals surface area contributed by atoms with Gasteiger partial charge in [-0.2, -0.15) is 0 Å². The van der Waals surface area contributed by atoms with Gasteiger partial charge in [-0.1, -0.05) is 53.2 Å². The Morgan fingerprint density at radius 3 is 1.89 bits per heavy atom. The van der Waals surface area contributed by atoms with Crippen molar-refractivity contribution < 1.29 is 8.42 Å². The quantitative estimate of drug-likeness (QED) is 0.615. The van der Waals surface area contributed by atoms with Crippen molar-refractivity contribution in [3.8, 4) is 0 Å². The SMILES string of the molecule is O=S(=O)(c1ccccc1)c1ccc(SC(Cl)Cl)cc1. The van der Waals surface area contributed by atoms with Crippen LogP contribution >= 0.6 is 35.0 Å². The summed E-state index contributed by atoms with van der Waals surface area (Å²) in [4.78, 5) is 1.36. The molecule has 0 aliphatic carbocycles. The van der Waals surface area contributed by atoms with Crippen LogP contribution < -0.4 is 0 Å². The molecule has 100 valence electrons. The summed E-state index contributed by atoms with van der Waals surface area (Å²) in [6.45, 7) is 0. The van der Waals surface area contributed by atoms with Crippen molar-refractivity contribution in [3.63, 3.8) is 0 Å². The van der Waals surface area contributed by atoms with Crippen LogP contribution in [0.25, 0.3) is 0 Å². The van der Waals surface area contributed by atoms with Crippen molar-refractivity contribution in [2.75, 3.05) is 0 Å². The second-order valence-electron chi connectivity index (χ2n) is 3.67. The zero-order valence-electron chi connectivity index (χ0n) is 9.66. The van der Waals surface area contributed by atoms with E-state index in [9.17, 15) is 8.42 Å². The maximum absolute atomic E-state index is 12.3. The molecule has 0 aliphatic rings. The molecular formula is C13H10Cl2O2S2. The summed E-state index contributed by atoms with van der Waals surface area (Å²) in [5, 5.41) is 0. The van der Waals surface area contributed by atoms with Crippen LogP contribution in [0.4, 0.5) is 0 Å². The fourth-order valence-corrected chi connectivity index (χ4v) is 3.93. The highest BCUT2D eigenvalue weighted by Gasteiger charge is 2.16. The molecule has 0 N–H and O–H groups in total. The number of thioether (sulfide) groups is 1. The molecule has 6 heteroatoms. The van der Waals surface area contributed by atoms with E-state index in [1.54, 1.807) is 54.6 Å². The lowest BCUT2D eigenvalue weighted by Gasteiger charge is -2.06. The molecule has 0 fully saturated rings. The number of hydrogen-bond acceptors (Lipinski definition) is 3. The van der Waals surface area contributed by atoms with E-state index in [1.165, 1.54) is 11.8 Å². The highest BCUT2D eigenvalue weighted by atomic mass is 35.5. The van der Waals surface area contributed by atoms with Gasteiger partial charge in [-0.05, 0) is 36.4 Å². The van der Waals surface area contributed by atoms with Crippen LogP contribution in [-0.2, 0) is 9.84 Å². The van der Waals surface area contributed by atoms with Gasteiger partial charge in [0.25, 0.3) is 0 Å². The van der Waals surface area contributed by atoms with Crippen LogP contribution in [0.5, 0.6) is 0 Å². The first-order valence-corrected chi connectivity index (χ1v) is 8.59. The smallest absolute Gasteiger partial charge is 0.206 e. The lowest BCUT2D eigenvalue weighted by molar-refractivity contribution is 0.596. The van der Waals surface area contributed by atoms with E-state index in [0.717, 1.165) is 4.90 Å².